The maximum absolute atomic E-state index is 8.76. The molecule has 0 aliphatic carbocycles. The van der Waals surface area contributed by atoms with Crippen LogP contribution in [0.4, 0.5) is 0 Å². The van der Waals surface area contributed by atoms with E-state index in [0.717, 1.165) is 38.2 Å². The van der Waals surface area contributed by atoms with Crippen molar-refractivity contribution in [3.63, 3.8) is 0 Å². The Morgan fingerprint density at radius 2 is 2.41 bits per heavy atom. The van der Waals surface area contributed by atoms with Crippen LogP contribution in [0.15, 0.2) is 6.20 Å². The Bertz CT molecular complexity index is 318. The van der Waals surface area contributed by atoms with Crippen molar-refractivity contribution in [1.29, 1.82) is 0 Å². The molecule has 96 valence electrons. The zero-order valence-corrected chi connectivity index (χ0v) is 10.3. The minimum Gasteiger partial charge on any atom is -0.396 e. The van der Waals surface area contributed by atoms with Gasteiger partial charge in [-0.3, -0.25) is 4.68 Å². The molecule has 0 radical (unpaired) electrons. The van der Waals surface area contributed by atoms with Crippen LogP contribution in [-0.2, 0) is 13.0 Å². The van der Waals surface area contributed by atoms with Crippen molar-refractivity contribution in [2.75, 3.05) is 19.7 Å². The molecule has 1 aromatic heterocycles. The van der Waals surface area contributed by atoms with E-state index in [1.165, 1.54) is 19.3 Å². The van der Waals surface area contributed by atoms with Crippen LogP contribution < -0.4 is 5.32 Å². The van der Waals surface area contributed by atoms with Gasteiger partial charge in [0, 0.05) is 19.3 Å². The lowest BCUT2D eigenvalue weighted by molar-refractivity contribution is 0.288. The third-order valence-electron chi connectivity index (χ3n) is 3.27. The highest BCUT2D eigenvalue weighted by Gasteiger charge is 2.13. The number of aliphatic hydroxyl groups is 1. The summed E-state index contributed by atoms with van der Waals surface area (Å²) in [6.07, 6.45) is 7.47. The summed E-state index contributed by atoms with van der Waals surface area (Å²) in [5.74, 6) is 0.671. The van der Waals surface area contributed by atoms with Gasteiger partial charge in [-0.25, -0.2) is 0 Å². The molecule has 5 heteroatoms. The van der Waals surface area contributed by atoms with Gasteiger partial charge >= 0.3 is 0 Å². The van der Waals surface area contributed by atoms with Crippen LogP contribution in [0, 0.1) is 5.92 Å². The maximum atomic E-state index is 8.76. The summed E-state index contributed by atoms with van der Waals surface area (Å²) < 4.78 is 1.95. The highest BCUT2D eigenvalue weighted by atomic mass is 16.2. The van der Waals surface area contributed by atoms with Gasteiger partial charge in [0.05, 0.1) is 5.69 Å². The molecule has 1 aliphatic rings. The smallest absolute Gasteiger partial charge is 0.0828 e. The van der Waals surface area contributed by atoms with E-state index >= 15 is 0 Å². The van der Waals surface area contributed by atoms with E-state index < -0.39 is 0 Å². The number of hydrogen-bond acceptors (Lipinski definition) is 4. The molecule has 1 aliphatic heterocycles. The zero-order chi connectivity index (χ0) is 11.9. The first kappa shape index (κ1) is 12.5. The Labute approximate surface area is 102 Å². The first-order valence-corrected chi connectivity index (χ1v) is 6.59. The molecule has 17 heavy (non-hydrogen) atoms. The van der Waals surface area contributed by atoms with Gasteiger partial charge < -0.3 is 10.4 Å². The number of aryl methyl sites for hydroxylation is 1. The second-order valence-corrected chi connectivity index (χ2v) is 4.83. The summed E-state index contributed by atoms with van der Waals surface area (Å²) in [6, 6.07) is 0. The quantitative estimate of drug-likeness (QED) is 0.788. The van der Waals surface area contributed by atoms with Crippen LogP contribution in [-0.4, -0.2) is 39.8 Å². The molecule has 0 bridgehead atoms. The van der Waals surface area contributed by atoms with E-state index in [0.29, 0.717) is 5.92 Å². The molecule has 2 heterocycles. The Kier molecular flexibility index (Phi) is 4.94. The standard InChI is InChI=1S/C12H22N4O/c17-7-3-5-12-10-16(15-14-12)9-11-4-1-2-6-13-8-11/h10-11,13,17H,1-9H2. The second-order valence-electron chi connectivity index (χ2n) is 4.83. The van der Waals surface area contributed by atoms with Crippen molar-refractivity contribution >= 4 is 0 Å². The van der Waals surface area contributed by atoms with E-state index in [1.807, 2.05) is 10.9 Å². The van der Waals surface area contributed by atoms with Gasteiger partial charge in [0.25, 0.3) is 0 Å². The van der Waals surface area contributed by atoms with Crippen molar-refractivity contribution < 1.29 is 5.11 Å². The number of nitrogens with zero attached hydrogens (tertiary/aromatic N) is 3. The first-order valence-electron chi connectivity index (χ1n) is 6.59. The predicted octanol–water partition coefficient (Wildman–Crippen LogP) is 0.593. The summed E-state index contributed by atoms with van der Waals surface area (Å²) in [5, 5.41) is 20.5. The van der Waals surface area contributed by atoms with E-state index in [1.54, 1.807) is 0 Å². The summed E-state index contributed by atoms with van der Waals surface area (Å²) in [4.78, 5) is 0. The molecule has 2 rings (SSSR count). The van der Waals surface area contributed by atoms with Gasteiger partial charge in [0.1, 0.15) is 0 Å². The Morgan fingerprint density at radius 1 is 1.47 bits per heavy atom. The number of nitrogens with one attached hydrogen (secondary N) is 1. The number of aromatic nitrogens is 3. The van der Waals surface area contributed by atoms with Gasteiger partial charge in [-0.15, -0.1) is 5.10 Å². The maximum Gasteiger partial charge on any atom is 0.0828 e. The Morgan fingerprint density at radius 3 is 3.29 bits per heavy atom. The average molecular weight is 238 g/mol. The normalized spacial score (nSPS) is 21.4. The van der Waals surface area contributed by atoms with Gasteiger partial charge in [0.15, 0.2) is 0 Å². The van der Waals surface area contributed by atoms with Crippen LogP contribution >= 0.6 is 0 Å². The fourth-order valence-electron chi connectivity index (χ4n) is 2.31. The number of hydrogen-bond donors (Lipinski definition) is 2. The minimum atomic E-state index is 0.222. The van der Waals surface area contributed by atoms with Crippen LogP contribution in [0.1, 0.15) is 31.4 Å². The third-order valence-corrected chi connectivity index (χ3v) is 3.27. The largest absolute Gasteiger partial charge is 0.396 e. The number of aliphatic hydroxyl groups excluding tert-OH is 1. The monoisotopic (exact) mass is 238 g/mol. The molecule has 1 atom stereocenters. The average Bonchev–Trinajstić information content (AvgIpc) is 2.61. The predicted molar refractivity (Wildman–Crippen MR) is 65.6 cm³/mol. The molecule has 1 saturated heterocycles. The van der Waals surface area contributed by atoms with Crippen LogP contribution in [0.25, 0.3) is 0 Å². The van der Waals surface area contributed by atoms with E-state index in [2.05, 4.69) is 15.6 Å². The van der Waals surface area contributed by atoms with Gasteiger partial charge in [-0.05, 0) is 44.7 Å². The topological polar surface area (TPSA) is 63.0 Å². The molecule has 0 spiro atoms. The lowest BCUT2D eigenvalue weighted by Crippen LogP contribution is -2.24. The van der Waals surface area contributed by atoms with Crippen molar-refractivity contribution in [3.05, 3.63) is 11.9 Å². The van der Waals surface area contributed by atoms with Crippen LogP contribution in [0.5, 0.6) is 0 Å². The minimum absolute atomic E-state index is 0.222. The molecule has 1 unspecified atom stereocenters. The fourth-order valence-corrected chi connectivity index (χ4v) is 2.31. The van der Waals surface area contributed by atoms with Crippen LogP contribution in [0.3, 0.4) is 0 Å². The molecule has 0 amide bonds. The SMILES string of the molecule is OCCCc1cn(CC2CCCCNC2)nn1. The second kappa shape index (κ2) is 6.71. The van der Waals surface area contributed by atoms with Crippen LogP contribution in [0.2, 0.25) is 0 Å². The van der Waals surface area contributed by atoms with E-state index in [-0.39, 0.29) is 6.61 Å². The molecule has 5 nitrogen and oxygen atoms in total. The molecule has 0 aromatic carbocycles. The summed E-state index contributed by atoms with van der Waals surface area (Å²) in [5.41, 5.74) is 0.987. The van der Waals surface area contributed by atoms with Gasteiger partial charge in [0.2, 0.25) is 0 Å². The highest BCUT2D eigenvalue weighted by molar-refractivity contribution is 4.92. The lowest BCUT2D eigenvalue weighted by Gasteiger charge is -2.13. The molecule has 1 aromatic rings. The molecule has 0 saturated carbocycles. The van der Waals surface area contributed by atoms with E-state index in [4.69, 9.17) is 5.11 Å². The van der Waals surface area contributed by atoms with E-state index in [9.17, 15) is 0 Å². The molecule has 2 N–H and O–H groups in total. The Hall–Kier alpha value is -0.940. The molecular formula is C12H22N4O. The molecule has 1 fully saturated rings. The van der Waals surface area contributed by atoms with Crippen molar-refractivity contribution in [1.82, 2.24) is 20.3 Å². The van der Waals surface area contributed by atoms with Crippen molar-refractivity contribution in [2.24, 2.45) is 5.92 Å². The highest BCUT2D eigenvalue weighted by Crippen LogP contribution is 2.13. The van der Waals surface area contributed by atoms with Crippen molar-refractivity contribution in [2.45, 2.75) is 38.6 Å². The molecular weight excluding hydrogens is 216 g/mol. The third kappa shape index (κ3) is 4.09. The van der Waals surface area contributed by atoms with Crippen molar-refractivity contribution in [3.8, 4) is 0 Å². The zero-order valence-electron chi connectivity index (χ0n) is 10.3. The summed E-state index contributed by atoms with van der Waals surface area (Å²) >= 11 is 0. The first-order chi connectivity index (χ1) is 8.38. The Balaban J connectivity index is 1.82. The summed E-state index contributed by atoms with van der Waals surface area (Å²) in [6.45, 7) is 3.42. The fraction of sp³-hybridized carbons (Fsp3) is 0.833. The van der Waals surface area contributed by atoms with Gasteiger partial charge in [-0.2, -0.15) is 0 Å². The summed E-state index contributed by atoms with van der Waals surface area (Å²) in [7, 11) is 0. The van der Waals surface area contributed by atoms with Gasteiger partial charge in [-0.1, -0.05) is 11.6 Å². The number of rotatable bonds is 5. The lowest BCUT2D eigenvalue weighted by atomic mass is 10.0.